The number of rotatable bonds is 4. The second-order valence-electron chi connectivity index (χ2n) is 7.48. The number of nitrogens with one attached hydrogen (secondary N) is 1. The zero-order valence-corrected chi connectivity index (χ0v) is 13.7. The molecule has 1 atom stereocenters. The van der Waals surface area contributed by atoms with Gasteiger partial charge in [-0.1, -0.05) is 46.8 Å². The molecule has 0 saturated heterocycles. The van der Waals surface area contributed by atoms with Gasteiger partial charge in [0.2, 0.25) is 5.91 Å². The molecule has 1 fully saturated rings. The van der Waals surface area contributed by atoms with Crippen LogP contribution in [0.4, 0.5) is 0 Å². The van der Waals surface area contributed by atoms with Crippen molar-refractivity contribution in [1.82, 2.24) is 5.32 Å². The van der Waals surface area contributed by atoms with E-state index in [-0.39, 0.29) is 28.7 Å². The predicted octanol–water partition coefficient (Wildman–Crippen LogP) is 3.02. The average Bonchev–Trinajstić information content (AvgIpc) is 2.11. The lowest BCUT2D eigenvalue weighted by molar-refractivity contribution is -0.124. The van der Waals surface area contributed by atoms with Crippen molar-refractivity contribution in [2.24, 2.45) is 22.5 Å². The van der Waals surface area contributed by atoms with Crippen LogP contribution in [0.2, 0.25) is 0 Å². The minimum Gasteiger partial charge on any atom is -0.393 e. The molecule has 0 radical (unpaired) electrons. The highest BCUT2D eigenvalue weighted by atomic mass is 32.1. The van der Waals surface area contributed by atoms with Crippen molar-refractivity contribution in [3.8, 4) is 0 Å². The van der Waals surface area contributed by atoms with E-state index in [1.807, 2.05) is 6.92 Å². The third kappa shape index (κ3) is 4.75. The summed E-state index contributed by atoms with van der Waals surface area (Å²) in [4.78, 5) is 12.5. The van der Waals surface area contributed by atoms with Crippen molar-refractivity contribution in [3.63, 3.8) is 0 Å². The maximum Gasteiger partial charge on any atom is 0.230 e. The lowest BCUT2D eigenvalue weighted by atomic mass is 9.63. The number of carbonyl (C=O) groups is 1. The van der Waals surface area contributed by atoms with Gasteiger partial charge in [-0.2, -0.15) is 0 Å². The number of nitrogens with two attached hydrogens (primary N) is 1. The first kappa shape index (κ1) is 16.4. The first-order chi connectivity index (χ1) is 8.56. The number of hydrogen-bond donors (Lipinski definition) is 2. The molecule has 3 nitrogen and oxygen atoms in total. The third-order valence-corrected chi connectivity index (χ3v) is 4.25. The van der Waals surface area contributed by atoms with Gasteiger partial charge in [0, 0.05) is 6.04 Å². The van der Waals surface area contributed by atoms with Crippen LogP contribution < -0.4 is 11.1 Å². The van der Waals surface area contributed by atoms with Crippen LogP contribution in [0.25, 0.3) is 0 Å². The Balaban J connectivity index is 2.71. The van der Waals surface area contributed by atoms with Gasteiger partial charge in [-0.05, 0) is 36.5 Å². The van der Waals surface area contributed by atoms with Gasteiger partial charge in [0.05, 0.1) is 10.9 Å². The SMILES string of the molecule is CCC(C(=O)NC1CC(C)(C)CC(C)(C)C1)C(N)=S. The molecule has 1 aliphatic carbocycles. The maximum absolute atomic E-state index is 12.2. The molecule has 0 aliphatic heterocycles. The van der Waals surface area contributed by atoms with Crippen molar-refractivity contribution in [1.29, 1.82) is 0 Å². The molecule has 1 saturated carbocycles. The maximum atomic E-state index is 12.2. The van der Waals surface area contributed by atoms with Crippen LogP contribution in [0.3, 0.4) is 0 Å². The quantitative estimate of drug-likeness (QED) is 0.780. The number of amides is 1. The zero-order valence-electron chi connectivity index (χ0n) is 12.9. The normalized spacial score (nSPS) is 23.6. The molecule has 1 amide bonds. The van der Waals surface area contributed by atoms with E-state index in [2.05, 4.69) is 33.0 Å². The lowest BCUT2D eigenvalue weighted by Gasteiger charge is -2.45. The Morgan fingerprint density at radius 3 is 2.16 bits per heavy atom. The zero-order chi connectivity index (χ0) is 14.8. The molecule has 0 heterocycles. The van der Waals surface area contributed by atoms with Crippen molar-refractivity contribution >= 4 is 23.1 Å². The van der Waals surface area contributed by atoms with Gasteiger partial charge < -0.3 is 11.1 Å². The van der Waals surface area contributed by atoms with E-state index in [1.165, 1.54) is 6.42 Å². The summed E-state index contributed by atoms with van der Waals surface area (Å²) in [6.45, 7) is 11.0. The summed E-state index contributed by atoms with van der Waals surface area (Å²) in [7, 11) is 0. The van der Waals surface area contributed by atoms with Crippen LogP contribution in [-0.4, -0.2) is 16.9 Å². The van der Waals surface area contributed by atoms with E-state index in [1.54, 1.807) is 0 Å². The molecule has 19 heavy (non-hydrogen) atoms. The highest BCUT2D eigenvalue weighted by molar-refractivity contribution is 7.80. The predicted molar refractivity (Wildman–Crippen MR) is 83.9 cm³/mol. The van der Waals surface area contributed by atoms with Crippen molar-refractivity contribution in [3.05, 3.63) is 0 Å². The van der Waals surface area contributed by atoms with E-state index in [4.69, 9.17) is 18.0 Å². The second-order valence-corrected chi connectivity index (χ2v) is 7.95. The fourth-order valence-corrected chi connectivity index (χ4v) is 4.04. The second kappa shape index (κ2) is 5.78. The molecule has 4 heteroatoms. The highest BCUT2D eigenvalue weighted by Crippen LogP contribution is 2.45. The fraction of sp³-hybridized carbons (Fsp3) is 0.867. The van der Waals surface area contributed by atoms with Gasteiger partial charge in [-0.25, -0.2) is 0 Å². The molecular weight excluding hydrogens is 256 g/mol. The lowest BCUT2D eigenvalue weighted by Crippen LogP contribution is -2.49. The topological polar surface area (TPSA) is 55.1 Å². The summed E-state index contributed by atoms with van der Waals surface area (Å²) in [5.74, 6) is -0.336. The van der Waals surface area contributed by atoms with Crippen LogP contribution in [0.5, 0.6) is 0 Å². The summed E-state index contributed by atoms with van der Waals surface area (Å²) in [5, 5.41) is 3.16. The van der Waals surface area contributed by atoms with Crippen LogP contribution >= 0.6 is 12.2 Å². The fourth-order valence-electron chi connectivity index (χ4n) is 3.77. The molecule has 1 unspecified atom stereocenters. The standard InChI is InChI=1S/C15H28N2OS/c1-6-11(12(16)19)13(18)17-10-7-14(2,3)9-15(4,5)8-10/h10-11H,6-9H2,1-5H3,(H2,16,19)(H,17,18). The molecule has 0 aromatic carbocycles. The molecule has 110 valence electrons. The molecule has 1 rings (SSSR count). The Morgan fingerprint density at radius 1 is 1.32 bits per heavy atom. The van der Waals surface area contributed by atoms with Gasteiger partial charge in [0.25, 0.3) is 0 Å². The Kier molecular flexibility index (Phi) is 4.99. The largest absolute Gasteiger partial charge is 0.393 e. The molecule has 0 aromatic heterocycles. The highest BCUT2D eigenvalue weighted by Gasteiger charge is 2.39. The van der Waals surface area contributed by atoms with Gasteiger partial charge >= 0.3 is 0 Å². The third-order valence-electron chi connectivity index (χ3n) is 3.97. The minimum atomic E-state index is -0.330. The minimum absolute atomic E-state index is 0.00602. The van der Waals surface area contributed by atoms with Crippen LogP contribution in [0, 0.1) is 16.7 Å². The van der Waals surface area contributed by atoms with E-state index >= 15 is 0 Å². The van der Waals surface area contributed by atoms with Gasteiger partial charge in [-0.3, -0.25) is 4.79 Å². The van der Waals surface area contributed by atoms with Crippen molar-refractivity contribution in [2.45, 2.75) is 66.3 Å². The summed E-state index contributed by atoms with van der Waals surface area (Å²) in [6, 6.07) is 0.231. The van der Waals surface area contributed by atoms with Gasteiger partial charge in [-0.15, -0.1) is 0 Å². The molecule has 0 aromatic rings. The van der Waals surface area contributed by atoms with Gasteiger partial charge in [0.1, 0.15) is 0 Å². The number of hydrogen-bond acceptors (Lipinski definition) is 2. The van der Waals surface area contributed by atoms with E-state index in [0.29, 0.717) is 11.4 Å². The van der Waals surface area contributed by atoms with Crippen LogP contribution in [0.15, 0.2) is 0 Å². The van der Waals surface area contributed by atoms with E-state index < -0.39 is 0 Å². The summed E-state index contributed by atoms with van der Waals surface area (Å²) < 4.78 is 0. The molecule has 3 N–H and O–H groups in total. The number of thiocarbonyl (C=S) groups is 1. The van der Waals surface area contributed by atoms with Crippen molar-refractivity contribution < 1.29 is 4.79 Å². The Labute approximate surface area is 122 Å². The van der Waals surface area contributed by atoms with Crippen LogP contribution in [-0.2, 0) is 4.79 Å². The Bertz CT molecular complexity index is 347. The van der Waals surface area contributed by atoms with Gasteiger partial charge in [0.15, 0.2) is 0 Å². The Hall–Kier alpha value is -0.640. The van der Waals surface area contributed by atoms with Crippen molar-refractivity contribution in [2.75, 3.05) is 0 Å². The summed E-state index contributed by atoms with van der Waals surface area (Å²) >= 11 is 4.97. The molecule has 0 bridgehead atoms. The Morgan fingerprint density at radius 2 is 1.79 bits per heavy atom. The molecular formula is C15H28N2OS. The summed E-state index contributed by atoms with van der Waals surface area (Å²) in [6.07, 6.45) is 3.91. The van der Waals surface area contributed by atoms with Crippen LogP contribution in [0.1, 0.15) is 60.3 Å². The van der Waals surface area contributed by atoms with E-state index in [0.717, 1.165) is 12.8 Å². The first-order valence-corrected chi connectivity index (χ1v) is 7.57. The monoisotopic (exact) mass is 284 g/mol. The average molecular weight is 284 g/mol. The summed E-state index contributed by atoms with van der Waals surface area (Å²) in [5.41, 5.74) is 6.17. The van der Waals surface area contributed by atoms with E-state index in [9.17, 15) is 4.79 Å². The number of carbonyl (C=O) groups excluding carboxylic acids is 1. The first-order valence-electron chi connectivity index (χ1n) is 7.16. The smallest absolute Gasteiger partial charge is 0.230 e. The molecule has 1 aliphatic rings. The molecule has 0 spiro atoms.